The molecule has 1 aliphatic heterocycles. The number of thiocarbonyl (C=S) groups is 1. The van der Waals surface area contributed by atoms with Crippen molar-refractivity contribution < 1.29 is 4.79 Å². The molecule has 6 nitrogen and oxygen atoms in total. The van der Waals surface area contributed by atoms with E-state index in [-0.39, 0.29) is 17.5 Å². The van der Waals surface area contributed by atoms with Gasteiger partial charge in [0.25, 0.3) is 11.5 Å². The minimum Gasteiger partial charge on any atom is -0.369 e. The van der Waals surface area contributed by atoms with Crippen molar-refractivity contribution in [3.63, 3.8) is 0 Å². The summed E-state index contributed by atoms with van der Waals surface area (Å²) < 4.78 is 2.13. The van der Waals surface area contributed by atoms with Gasteiger partial charge in [-0.1, -0.05) is 63.2 Å². The zero-order valence-electron chi connectivity index (χ0n) is 18.2. The first-order chi connectivity index (χ1) is 14.9. The normalized spacial score (nSPS) is 19.2. The molecule has 1 saturated heterocycles. The van der Waals surface area contributed by atoms with Crippen molar-refractivity contribution in [1.29, 1.82) is 0 Å². The maximum absolute atomic E-state index is 13.4. The maximum atomic E-state index is 13.4. The molecule has 8 heteroatoms. The predicted molar refractivity (Wildman–Crippen MR) is 131 cm³/mol. The number of aryl methyl sites for hydroxylation is 1. The topological polar surface area (TPSA) is 66.7 Å². The first kappa shape index (κ1) is 22.0. The van der Waals surface area contributed by atoms with E-state index in [4.69, 9.17) is 17.2 Å². The van der Waals surface area contributed by atoms with Crippen molar-refractivity contribution in [2.24, 2.45) is 5.92 Å². The Morgan fingerprint density at radius 1 is 1.29 bits per heavy atom. The fourth-order valence-electron chi connectivity index (χ4n) is 4.14. The van der Waals surface area contributed by atoms with Crippen molar-refractivity contribution in [1.82, 2.24) is 14.3 Å². The van der Waals surface area contributed by atoms with E-state index < -0.39 is 0 Å². The summed E-state index contributed by atoms with van der Waals surface area (Å²) in [5, 5.41) is 3.31. The summed E-state index contributed by atoms with van der Waals surface area (Å²) in [6, 6.07) is 3.94. The van der Waals surface area contributed by atoms with Gasteiger partial charge in [0.2, 0.25) is 0 Å². The number of hydrogen-bond donors (Lipinski definition) is 1. The summed E-state index contributed by atoms with van der Waals surface area (Å²) in [6.45, 7) is 6.81. The van der Waals surface area contributed by atoms with Gasteiger partial charge in [-0.05, 0) is 43.4 Å². The molecule has 0 atom stereocenters. The third kappa shape index (κ3) is 4.41. The van der Waals surface area contributed by atoms with Crippen LogP contribution in [0.25, 0.3) is 11.7 Å². The highest BCUT2D eigenvalue weighted by molar-refractivity contribution is 8.26. The molecule has 1 saturated carbocycles. The van der Waals surface area contributed by atoms with Crippen LogP contribution in [0, 0.1) is 12.8 Å². The van der Waals surface area contributed by atoms with Crippen LogP contribution in [0.2, 0.25) is 0 Å². The van der Waals surface area contributed by atoms with E-state index in [1.807, 2.05) is 19.1 Å². The quantitative estimate of drug-likeness (QED) is 0.524. The van der Waals surface area contributed by atoms with E-state index in [0.717, 1.165) is 31.2 Å². The van der Waals surface area contributed by atoms with E-state index >= 15 is 0 Å². The Morgan fingerprint density at radius 2 is 2.03 bits per heavy atom. The van der Waals surface area contributed by atoms with Gasteiger partial charge in [0.05, 0.1) is 10.5 Å². The molecule has 4 rings (SSSR count). The fourth-order valence-corrected chi connectivity index (χ4v) is 5.52. The Morgan fingerprint density at radius 3 is 2.74 bits per heavy atom. The summed E-state index contributed by atoms with van der Waals surface area (Å²) in [5.74, 6) is 0.802. The van der Waals surface area contributed by atoms with E-state index in [1.54, 1.807) is 21.6 Å². The summed E-state index contributed by atoms with van der Waals surface area (Å²) in [5.41, 5.74) is 1.74. The fraction of sp³-hybridized carbons (Fsp3) is 0.478. The van der Waals surface area contributed by atoms with Crippen LogP contribution in [0.3, 0.4) is 0 Å². The maximum Gasteiger partial charge on any atom is 0.267 e. The molecule has 0 spiro atoms. The van der Waals surface area contributed by atoms with Crippen LogP contribution in [0.5, 0.6) is 0 Å². The number of nitrogens with zero attached hydrogens (tertiary/aromatic N) is 3. The van der Waals surface area contributed by atoms with Crippen LogP contribution in [-0.4, -0.2) is 37.1 Å². The van der Waals surface area contributed by atoms with Gasteiger partial charge in [0.15, 0.2) is 0 Å². The van der Waals surface area contributed by atoms with Gasteiger partial charge in [-0.25, -0.2) is 4.98 Å². The molecule has 1 N–H and O–H groups in total. The molecule has 1 amide bonds. The Hall–Kier alpha value is -2.19. The van der Waals surface area contributed by atoms with Crippen LogP contribution in [0.4, 0.5) is 5.82 Å². The molecule has 2 aromatic rings. The SMILES string of the molecule is Cc1cccn2c(=O)c(/C=C3\SC(=S)N(C4CCCCC4)C3=O)c(NCC(C)C)nc12. The van der Waals surface area contributed by atoms with E-state index in [0.29, 0.717) is 38.7 Å². The van der Waals surface area contributed by atoms with E-state index in [2.05, 4.69) is 19.2 Å². The molecule has 3 heterocycles. The summed E-state index contributed by atoms with van der Waals surface area (Å²) in [7, 11) is 0. The minimum absolute atomic E-state index is 0.0922. The molecule has 0 bridgehead atoms. The number of pyridine rings is 1. The van der Waals surface area contributed by atoms with Crippen molar-refractivity contribution in [2.75, 3.05) is 11.9 Å². The van der Waals surface area contributed by atoms with Crippen molar-refractivity contribution >= 4 is 51.7 Å². The predicted octanol–water partition coefficient (Wildman–Crippen LogP) is 4.60. The number of carbonyl (C=O) groups excluding carboxylic acids is 1. The van der Waals surface area contributed by atoms with Crippen LogP contribution in [-0.2, 0) is 4.79 Å². The third-order valence-corrected chi connectivity index (χ3v) is 7.13. The average molecular weight is 457 g/mol. The monoisotopic (exact) mass is 456 g/mol. The van der Waals surface area contributed by atoms with Crippen molar-refractivity contribution in [2.45, 2.75) is 58.9 Å². The first-order valence-electron chi connectivity index (χ1n) is 10.9. The summed E-state index contributed by atoms with van der Waals surface area (Å²) in [6.07, 6.45) is 8.83. The number of nitrogens with one attached hydrogen (secondary N) is 1. The molecule has 2 aliphatic rings. The Kier molecular flexibility index (Phi) is 6.48. The minimum atomic E-state index is -0.192. The molecular formula is C23H28N4O2S2. The number of thioether (sulfide) groups is 1. The van der Waals surface area contributed by atoms with Crippen LogP contribution in [0.15, 0.2) is 28.0 Å². The first-order valence-corrected chi connectivity index (χ1v) is 12.1. The molecule has 2 aromatic heterocycles. The van der Waals surface area contributed by atoms with Gasteiger partial charge >= 0.3 is 0 Å². The lowest BCUT2D eigenvalue weighted by Crippen LogP contribution is -2.39. The zero-order valence-corrected chi connectivity index (χ0v) is 19.8. The van der Waals surface area contributed by atoms with Gasteiger partial charge in [0, 0.05) is 18.8 Å². The van der Waals surface area contributed by atoms with Gasteiger partial charge in [-0.15, -0.1) is 0 Å². The zero-order chi connectivity index (χ0) is 22.1. The molecule has 0 radical (unpaired) electrons. The van der Waals surface area contributed by atoms with Gasteiger partial charge in [0.1, 0.15) is 15.8 Å². The number of hydrogen-bond acceptors (Lipinski definition) is 6. The second kappa shape index (κ2) is 9.12. The number of aromatic nitrogens is 2. The summed E-state index contributed by atoms with van der Waals surface area (Å²) >= 11 is 6.84. The van der Waals surface area contributed by atoms with Gasteiger partial charge in [-0.2, -0.15) is 0 Å². The number of anilines is 1. The Labute approximate surface area is 192 Å². The molecule has 164 valence electrons. The van der Waals surface area contributed by atoms with Crippen LogP contribution < -0.4 is 10.9 Å². The van der Waals surface area contributed by atoms with Crippen LogP contribution in [0.1, 0.15) is 57.1 Å². The molecule has 0 aromatic carbocycles. The van der Waals surface area contributed by atoms with Crippen molar-refractivity contribution in [3.8, 4) is 0 Å². The largest absolute Gasteiger partial charge is 0.369 e. The molecule has 1 aliphatic carbocycles. The van der Waals surface area contributed by atoms with Gasteiger partial charge < -0.3 is 5.32 Å². The second-order valence-corrected chi connectivity index (χ2v) is 10.4. The number of amides is 1. The molecule has 0 unspecified atom stereocenters. The second-order valence-electron chi connectivity index (χ2n) is 8.68. The molecule has 2 fully saturated rings. The Balaban J connectivity index is 1.77. The number of rotatable bonds is 5. The molecular weight excluding hydrogens is 428 g/mol. The van der Waals surface area contributed by atoms with Crippen LogP contribution >= 0.6 is 24.0 Å². The molecule has 31 heavy (non-hydrogen) atoms. The Bertz CT molecular complexity index is 1120. The summed E-state index contributed by atoms with van der Waals surface area (Å²) in [4.78, 5) is 33.6. The highest BCUT2D eigenvalue weighted by Crippen LogP contribution is 2.37. The number of fused-ring (bicyclic) bond motifs is 1. The highest BCUT2D eigenvalue weighted by atomic mass is 32.2. The average Bonchev–Trinajstić information content (AvgIpc) is 3.03. The standard InChI is InChI=1S/C23H28N4O2S2/c1-14(2)13-24-19-17(21(28)26-11-7-8-15(3)20(26)25-19)12-18-22(29)27(23(30)31-18)16-9-5-4-6-10-16/h7-8,11-12,14,16,24H,4-6,9-10,13H2,1-3H3/b18-12-. The van der Waals surface area contributed by atoms with Crippen molar-refractivity contribution in [3.05, 3.63) is 44.7 Å². The lowest BCUT2D eigenvalue weighted by Gasteiger charge is -2.29. The number of carbonyl (C=O) groups is 1. The third-order valence-electron chi connectivity index (χ3n) is 5.80. The van der Waals surface area contributed by atoms with E-state index in [1.165, 1.54) is 18.2 Å². The van der Waals surface area contributed by atoms with Gasteiger partial charge in [-0.3, -0.25) is 18.9 Å². The lowest BCUT2D eigenvalue weighted by molar-refractivity contribution is -0.124. The lowest BCUT2D eigenvalue weighted by atomic mass is 9.94. The smallest absolute Gasteiger partial charge is 0.267 e. The highest BCUT2D eigenvalue weighted by Gasteiger charge is 2.37. The van der Waals surface area contributed by atoms with E-state index in [9.17, 15) is 9.59 Å².